The van der Waals surface area contributed by atoms with Gasteiger partial charge in [-0.3, -0.25) is 9.98 Å². The highest BCUT2D eigenvalue weighted by Gasteiger charge is 1.95. The zero-order valence-electron chi connectivity index (χ0n) is 8.68. The largest absolute Gasteiger partial charge is 0.286 e. The van der Waals surface area contributed by atoms with Crippen LogP contribution < -0.4 is 0 Å². The predicted octanol–water partition coefficient (Wildman–Crippen LogP) is 3.35. The quantitative estimate of drug-likeness (QED) is 0.743. The van der Waals surface area contributed by atoms with E-state index in [2.05, 4.69) is 9.98 Å². The Labute approximate surface area is 99.6 Å². The van der Waals surface area contributed by atoms with Gasteiger partial charge in [0.15, 0.2) is 0 Å². The summed E-state index contributed by atoms with van der Waals surface area (Å²) < 4.78 is 0. The molecule has 0 bridgehead atoms. The second-order valence-corrected chi connectivity index (χ2v) is 3.72. The molecular weight excluding hydrogens is 220 g/mol. The van der Waals surface area contributed by atoms with E-state index in [1.165, 1.54) is 0 Å². The van der Waals surface area contributed by atoms with Crippen molar-refractivity contribution >= 4 is 17.8 Å². The molecule has 0 N–H and O–H groups in total. The molecule has 2 rings (SSSR count). The Kier molecular flexibility index (Phi) is 3.67. The first-order valence-electron chi connectivity index (χ1n) is 5.00. The first kappa shape index (κ1) is 10.8. The van der Waals surface area contributed by atoms with E-state index in [0.717, 1.165) is 16.3 Å². The fraction of sp³-hybridized carbons (Fsp3) is 0.0769. The van der Waals surface area contributed by atoms with E-state index >= 15 is 0 Å². The number of hydrogen-bond acceptors (Lipinski definition) is 2. The molecule has 2 nitrogen and oxygen atoms in total. The van der Waals surface area contributed by atoms with E-state index in [-0.39, 0.29) is 0 Å². The summed E-state index contributed by atoms with van der Waals surface area (Å²) in [7, 11) is 0. The van der Waals surface area contributed by atoms with Crippen molar-refractivity contribution in [1.29, 1.82) is 0 Å². The molecule has 16 heavy (non-hydrogen) atoms. The number of aromatic nitrogens is 1. The van der Waals surface area contributed by atoms with Crippen LogP contribution in [0.3, 0.4) is 0 Å². The Hall–Kier alpha value is -1.67. The third-order valence-electron chi connectivity index (χ3n) is 2.13. The van der Waals surface area contributed by atoms with Crippen LogP contribution in [0.4, 0.5) is 0 Å². The maximum absolute atomic E-state index is 6.02. The lowest BCUT2D eigenvalue weighted by molar-refractivity contribution is 1.07. The summed E-state index contributed by atoms with van der Waals surface area (Å²) in [5, 5.41) is 0.751. The molecule has 3 heteroatoms. The van der Waals surface area contributed by atoms with Crippen molar-refractivity contribution in [3.05, 3.63) is 64.9 Å². The van der Waals surface area contributed by atoms with Gasteiger partial charge in [0.1, 0.15) is 0 Å². The van der Waals surface area contributed by atoms with Crippen LogP contribution in [0.2, 0.25) is 5.02 Å². The van der Waals surface area contributed by atoms with Gasteiger partial charge in [0.2, 0.25) is 0 Å². The Morgan fingerprint density at radius 2 is 1.94 bits per heavy atom. The summed E-state index contributed by atoms with van der Waals surface area (Å²) in [6.07, 6.45) is 3.50. The summed E-state index contributed by atoms with van der Waals surface area (Å²) in [6.45, 7) is 0.580. The Bertz CT molecular complexity index is 480. The van der Waals surface area contributed by atoms with Crippen LogP contribution in [0.1, 0.15) is 11.3 Å². The monoisotopic (exact) mass is 230 g/mol. The highest BCUT2D eigenvalue weighted by atomic mass is 35.5. The number of aliphatic imine (C=N–C) groups is 1. The molecule has 0 amide bonds. The van der Waals surface area contributed by atoms with Gasteiger partial charge in [-0.25, -0.2) is 0 Å². The first-order chi connectivity index (χ1) is 7.86. The number of hydrogen-bond donors (Lipinski definition) is 0. The van der Waals surface area contributed by atoms with E-state index in [4.69, 9.17) is 11.6 Å². The molecule has 1 heterocycles. The minimum atomic E-state index is 0.580. The summed E-state index contributed by atoms with van der Waals surface area (Å²) in [5.41, 5.74) is 1.88. The number of halogens is 1. The second kappa shape index (κ2) is 5.42. The Morgan fingerprint density at radius 3 is 2.69 bits per heavy atom. The molecule has 0 atom stereocenters. The lowest BCUT2D eigenvalue weighted by Crippen LogP contribution is -1.87. The summed E-state index contributed by atoms with van der Waals surface area (Å²) in [4.78, 5) is 8.45. The van der Waals surface area contributed by atoms with Gasteiger partial charge in [0.05, 0.1) is 12.2 Å². The number of rotatable bonds is 3. The van der Waals surface area contributed by atoms with Crippen LogP contribution >= 0.6 is 11.6 Å². The normalized spacial score (nSPS) is 10.8. The molecule has 0 fully saturated rings. The van der Waals surface area contributed by atoms with E-state index in [1.54, 1.807) is 12.4 Å². The van der Waals surface area contributed by atoms with Gasteiger partial charge in [-0.15, -0.1) is 0 Å². The zero-order valence-corrected chi connectivity index (χ0v) is 9.43. The highest BCUT2D eigenvalue weighted by molar-refractivity contribution is 6.31. The molecule has 0 aliphatic rings. The molecule has 0 saturated carbocycles. The minimum Gasteiger partial charge on any atom is -0.286 e. The molecule has 0 spiro atoms. The van der Waals surface area contributed by atoms with Crippen LogP contribution in [0.5, 0.6) is 0 Å². The Morgan fingerprint density at radius 1 is 1.12 bits per heavy atom. The molecule has 80 valence electrons. The van der Waals surface area contributed by atoms with Crippen LogP contribution in [0.25, 0.3) is 0 Å². The van der Waals surface area contributed by atoms with Gasteiger partial charge in [-0.05, 0) is 23.8 Å². The third kappa shape index (κ3) is 2.91. The van der Waals surface area contributed by atoms with E-state index < -0.39 is 0 Å². The minimum absolute atomic E-state index is 0.580. The first-order valence-corrected chi connectivity index (χ1v) is 5.38. The highest BCUT2D eigenvalue weighted by Crippen LogP contribution is 2.15. The van der Waals surface area contributed by atoms with Gasteiger partial charge in [0, 0.05) is 17.4 Å². The fourth-order valence-corrected chi connectivity index (χ4v) is 1.51. The average molecular weight is 231 g/mol. The molecular formula is C13H11ClN2. The maximum atomic E-state index is 6.02. The summed E-state index contributed by atoms with van der Waals surface area (Å²) >= 11 is 6.02. The van der Waals surface area contributed by atoms with Crippen molar-refractivity contribution in [1.82, 2.24) is 4.98 Å². The molecule has 1 aromatic heterocycles. The van der Waals surface area contributed by atoms with E-state index in [9.17, 15) is 0 Å². The molecule has 2 aromatic rings. The van der Waals surface area contributed by atoms with Crippen molar-refractivity contribution in [2.75, 3.05) is 0 Å². The molecule has 0 aliphatic heterocycles. The van der Waals surface area contributed by atoms with Gasteiger partial charge >= 0.3 is 0 Å². The van der Waals surface area contributed by atoms with Gasteiger partial charge in [-0.2, -0.15) is 0 Å². The third-order valence-corrected chi connectivity index (χ3v) is 2.50. The Balaban J connectivity index is 2.03. The lowest BCUT2D eigenvalue weighted by atomic mass is 10.2. The SMILES string of the molecule is Clc1ccccc1CN=Cc1ccccn1. The molecule has 0 saturated heterocycles. The molecule has 0 aliphatic carbocycles. The predicted molar refractivity (Wildman–Crippen MR) is 67.0 cm³/mol. The van der Waals surface area contributed by atoms with E-state index in [0.29, 0.717) is 6.54 Å². The fourth-order valence-electron chi connectivity index (χ4n) is 1.32. The van der Waals surface area contributed by atoms with Crippen LogP contribution in [-0.4, -0.2) is 11.2 Å². The molecule has 1 aromatic carbocycles. The topological polar surface area (TPSA) is 25.2 Å². The number of benzene rings is 1. The van der Waals surface area contributed by atoms with Crippen molar-refractivity contribution in [2.45, 2.75) is 6.54 Å². The zero-order chi connectivity index (χ0) is 11.2. The summed E-state index contributed by atoms with van der Waals surface area (Å²) in [5.74, 6) is 0. The number of nitrogens with zero attached hydrogens (tertiary/aromatic N) is 2. The van der Waals surface area contributed by atoms with Crippen LogP contribution in [-0.2, 0) is 6.54 Å². The van der Waals surface area contributed by atoms with Crippen LogP contribution in [0, 0.1) is 0 Å². The average Bonchev–Trinajstić information content (AvgIpc) is 2.33. The van der Waals surface area contributed by atoms with Gasteiger partial charge in [-0.1, -0.05) is 35.9 Å². The molecule has 0 unspecified atom stereocenters. The van der Waals surface area contributed by atoms with Gasteiger partial charge < -0.3 is 0 Å². The smallest absolute Gasteiger partial charge is 0.0807 e. The molecule has 0 radical (unpaired) electrons. The van der Waals surface area contributed by atoms with E-state index in [1.807, 2.05) is 42.5 Å². The maximum Gasteiger partial charge on any atom is 0.0807 e. The number of pyridine rings is 1. The van der Waals surface area contributed by atoms with Crippen molar-refractivity contribution in [3.8, 4) is 0 Å². The van der Waals surface area contributed by atoms with Crippen LogP contribution in [0.15, 0.2) is 53.7 Å². The second-order valence-electron chi connectivity index (χ2n) is 3.32. The van der Waals surface area contributed by atoms with Crippen molar-refractivity contribution in [2.24, 2.45) is 4.99 Å². The standard InChI is InChI=1S/C13H11ClN2/c14-13-7-2-1-5-11(13)9-15-10-12-6-3-4-8-16-12/h1-8,10H,9H2. The van der Waals surface area contributed by atoms with Gasteiger partial charge in [0.25, 0.3) is 0 Å². The van der Waals surface area contributed by atoms with Crippen molar-refractivity contribution in [3.63, 3.8) is 0 Å². The lowest BCUT2D eigenvalue weighted by Gasteiger charge is -1.98. The summed E-state index contributed by atoms with van der Waals surface area (Å²) in [6, 6.07) is 13.4. The van der Waals surface area contributed by atoms with Crippen molar-refractivity contribution < 1.29 is 0 Å².